The van der Waals surface area contributed by atoms with Crippen LogP contribution in [0.4, 0.5) is 0 Å². The van der Waals surface area contributed by atoms with Crippen molar-refractivity contribution < 1.29 is 4.79 Å². The molecule has 0 unspecified atom stereocenters. The van der Waals surface area contributed by atoms with Crippen molar-refractivity contribution in [2.24, 2.45) is 0 Å². The highest BCUT2D eigenvalue weighted by Gasteiger charge is 2.31. The minimum Gasteiger partial charge on any atom is -0.338 e. The normalized spacial score (nSPS) is 18.6. The predicted molar refractivity (Wildman–Crippen MR) is 70.3 cm³/mol. The minimum atomic E-state index is 0.150. The van der Waals surface area contributed by atoms with Gasteiger partial charge in [0.15, 0.2) is 0 Å². The number of amides is 1. The lowest BCUT2D eigenvalue weighted by molar-refractivity contribution is -0.132. The van der Waals surface area contributed by atoms with Gasteiger partial charge < -0.3 is 10.2 Å². The summed E-state index contributed by atoms with van der Waals surface area (Å²) in [5.74, 6) is 0.150. The maximum Gasteiger partial charge on any atom is 0.244 e. The Morgan fingerprint density at radius 3 is 2.89 bits per heavy atom. The van der Waals surface area contributed by atoms with Crippen LogP contribution in [0.5, 0.6) is 0 Å². The SMILES string of the molecule is CCN(C(=O)Cn1cc(CNC2CC2)nn1)C1CC1. The van der Waals surface area contributed by atoms with Crippen LogP contribution in [0, 0.1) is 0 Å². The highest BCUT2D eigenvalue weighted by molar-refractivity contribution is 5.76. The fraction of sp³-hybridized carbons (Fsp3) is 0.769. The summed E-state index contributed by atoms with van der Waals surface area (Å²) in [5, 5.41) is 11.5. The summed E-state index contributed by atoms with van der Waals surface area (Å²) < 4.78 is 1.65. The van der Waals surface area contributed by atoms with Gasteiger partial charge in [-0.05, 0) is 32.6 Å². The van der Waals surface area contributed by atoms with E-state index >= 15 is 0 Å². The van der Waals surface area contributed by atoms with Crippen LogP contribution in [-0.2, 0) is 17.9 Å². The molecule has 6 nitrogen and oxygen atoms in total. The van der Waals surface area contributed by atoms with Gasteiger partial charge in [0.1, 0.15) is 6.54 Å². The molecule has 0 aliphatic heterocycles. The molecule has 0 aromatic carbocycles. The van der Waals surface area contributed by atoms with Crippen molar-refractivity contribution in [2.45, 2.75) is 57.8 Å². The van der Waals surface area contributed by atoms with Crippen LogP contribution < -0.4 is 5.32 Å². The maximum absolute atomic E-state index is 12.1. The lowest BCUT2D eigenvalue weighted by Crippen LogP contribution is -2.35. The Morgan fingerprint density at radius 1 is 1.47 bits per heavy atom. The fourth-order valence-electron chi connectivity index (χ4n) is 2.29. The third-order valence-corrected chi connectivity index (χ3v) is 3.68. The average molecular weight is 263 g/mol. The minimum absolute atomic E-state index is 0.150. The Hall–Kier alpha value is -1.43. The molecule has 6 heteroatoms. The number of nitrogens with zero attached hydrogens (tertiary/aromatic N) is 4. The highest BCUT2D eigenvalue weighted by atomic mass is 16.2. The molecule has 3 rings (SSSR count). The number of hydrogen-bond acceptors (Lipinski definition) is 4. The van der Waals surface area contributed by atoms with Crippen LogP contribution in [0.15, 0.2) is 6.20 Å². The van der Waals surface area contributed by atoms with Crippen molar-refractivity contribution in [3.05, 3.63) is 11.9 Å². The highest BCUT2D eigenvalue weighted by Crippen LogP contribution is 2.26. The van der Waals surface area contributed by atoms with Crippen molar-refractivity contribution >= 4 is 5.91 Å². The van der Waals surface area contributed by atoms with Gasteiger partial charge in [-0.25, -0.2) is 4.68 Å². The van der Waals surface area contributed by atoms with Gasteiger partial charge in [-0.3, -0.25) is 4.79 Å². The van der Waals surface area contributed by atoms with Gasteiger partial charge in [-0.1, -0.05) is 5.21 Å². The Labute approximate surface area is 113 Å². The zero-order valence-electron chi connectivity index (χ0n) is 11.4. The number of rotatable bonds is 7. The monoisotopic (exact) mass is 263 g/mol. The number of likely N-dealkylation sites (N-methyl/N-ethyl adjacent to an activating group) is 1. The van der Waals surface area contributed by atoms with E-state index < -0.39 is 0 Å². The van der Waals surface area contributed by atoms with Crippen LogP contribution in [0.1, 0.15) is 38.3 Å². The zero-order valence-corrected chi connectivity index (χ0v) is 11.4. The Bertz CT molecular complexity index is 450. The molecule has 0 bridgehead atoms. The van der Waals surface area contributed by atoms with Gasteiger partial charge >= 0.3 is 0 Å². The summed E-state index contributed by atoms with van der Waals surface area (Å²) >= 11 is 0. The van der Waals surface area contributed by atoms with E-state index in [0.29, 0.717) is 18.6 Å². The largest absolute Gasteiger partial charge is 0.338 e. The molecule has 2 fully saturated rings. The van der Waals surface area contributed by atoms with Gasteiger partial charge in [0.2, 0.25) is 5.91 Å². The van der Waals surface area contributed by atoms with E-state index in [2.05, 4.69) is 15.6 Å². The number of hydrogen-bond donors (Lipinski definition) is 1. The topological polar surface area (TPSA) is 63.1 Å². The summed E-state index contributed by atoms with van der Waals surface area (Å²) in [4.78, 5) is 14.1. The Morgan fingerprint density at radius 2 is 2.26 bits per heavy atom. The first-order valence-electron chi connectivity index (χ1n) is 7.18. The molecular formula is C13H21N5O. The smallest absolute Gasteiger partial charge is 0.244 e. The van der Waals surface area contributed by atoms with Gasteiger partial charge in [-0.15, -0.1) is 5.10 Å². The summed E-state index contributed by atoms with van der Waals surface area (Å²) in [6.45, 7) is 3.87. The lowest BCUT2D eigenvalue weighted by Gasteiger charge is -2.19. The van der Waals surface area contributed by atoms with Crippen LogP contribution in [0.25, 0.3) is 0 Å². The molecule has 1 N–H and O–H groups in total. The van der Waals surface area contributed by atoms with Gasteiger partial charge in [-0.2, -0.15) is 0 Å². The van der Waals surface area contributed by atoms with Gasteiger partial charge in [0, 0.05) is 25.2 Å². The molecule has 1 aromatic heterocycles. The lowest BCUT2D eigenvalue weighted by atomic mass is 10.4. The second kappa shape index (κ2) is 5.28. The van der Waals surface area contributed by atoms with Crippen LogP contribution in [0.2, 0.25) is 0 Å². The second-order valence-electron chi connectivity index (χ2n) is 5.47. The number of carbonyl (C=O) groups is 1. The fourth-order valence-corrected chi connectivity index (χ4v) is 2.29. The summed E-state index contributed by atoms with van der Waals surface area (Å²) in [5.41, 5.74) is 0.911. The van der Waals surface area contributed by atoms with E-state index in [1.807, 2.05) is 18.0 Å². The average Bonchev–Trinajstić information content (AvgIpc) is 3.30. The first-order chi connectivity index (χ1) is 9.26. The molecule has 0 atom stereocenters. The third-order valence-electron chi connectivity index (χ3n) is 3.68. The second-order valence-corrected chi connectivity index (χ2v) is 5.47. The summed E-state index contributed by atoms with van der Waals surface area (Å²) in [6, 6.07) is 1.13. The standard InChI is InChI=1S/C13H21N5O/c1-2-18(12-5-6-12)13(19)9-17-8-11(15-16-17)7-14-10-3-4-10/h8,10,12,14H,2-7,9H2,1H3. The molecule has 1 aromatic rings. The maximum atomic E-state index is 12.1. The van der Waals surface area contributed by atoms with E-state index in [0.717, 1.165) is 31.6 Å². The van der Waals surface area contributed by atoms with E-state index in [1.54, 1.807) is 4.68 Å². The van der Waals surface area contributed by atoms with Crippen LogP contribution in [0.3, 0.4) is 0 Å². The van der Waals surface area contributed by atoms with Crippen LogP contribution in [-0.4, -0.2) is 44.4 Å². The molecule has 0 spiro atoms. The zero-order chi connectivity index (χ0) is 13.2. The van der Waals surface area contributed by atoms with E-state index in [9.17, 15) is 4.79 Å². The molecule has 2 aliphatic carbocycles. The molecule has 2 saturated carbocycles. The third kappa shape index (κ3) is 3.32. The summed E-state index contributed by atoms with van der Waals surface area (Å²) in [6.07, 6.45) is 6.69. The van der Waals surface area contributed by atoms with Crippen molar-refractivity contribution in [3.63, 3.8) is 0 Å². The van der Waals surface area contributed by atoms with Crippen LogP contribution >= 0.6 is 0 Å². The Kier molecular flexibility index (Phi) is 3.50. The first-order valence-corrected chi connectivity index (χ1v) is 7.18. The van der Waals surface area contributed by atoms with Crippen molar-refractivity contribution in [1.29, 1.82) is 0 Å². The predicted octanol–water partition coefficient (Wildman–Crippen LogP) is 0.541. The van der Waals surface area contributed by atoms with E-state index in [-0.39, 0.29) is 5.91 Å². The molecule has 19 heavy (non-hydrogen) atoms. The quantitative estimate of drug-likeness (QED) is 0.780. The van der Waals surface area contributed by atoms with Crippen molar-refractivity contribution in [1.82, 2.24) is 25.2 Å². The molecule has 2 aliphatic rings. The van der Waals surface area contributed by atoms with Crippen molar-refractivity contribution in [2.75, 3.05) is 6.54 Å². The molecule has 1 amide bonds. The molecule has 0 saturated heterocycles. The van der Waals surface area contributed by atoms with Crippen molar-refractivity contribution in [3.8, 4) is 0 Å². The molecule has 104 valence electrons. The first kappa shape index (κ1) is 12.6. The number of carbonyl (C=O) groups excluding carboxylic acids is 1. The Balaban J connectivity index is 1.51. The van der Waals surface area contributed by atoms with Gasteiger partial charge in [0.05, 0.1) is 11.9 Å². The molecule has 1 heterocycles. The van der Waals surface area contributed by atoms with E-state index in [4.69, 9.17) is 0 Å². The number of aromatic nitrogens is 3. The number of nitrogens with one attached hydrogen (secondary N) is 1. The molecular weight excluding hydrogens is 242 g/mol. The van der Waals surface area contributed by atoms with Gasteiger partial charge in [0.25, 0.3) is 0 Å². The molecule has 0 radical (unpaired) electrons. The van der Waals surface area contributed by atoms with E-state index in [1.165, 1.54) is 12.8 Å². The summed E-state index contributed by atoms with van der Waals surface area (Å²) in [7, 11) is 0.